The van der Waals surface area contributed by atoms with Gasteiger partial charge in [-0.3, -0.25) is 15.0 Å². The molecule has 0 bridgehead atoms. The van der Waals surface area contributed by atoms with Crippen molar-refractivity contribution >= 4 is 22.5 Å². The van der Waals surface area contributed by atoms with Crippen molar-refractivity contribution in [3.8, 4) is 5.75 Å². The number of aryl methyl sites for hydroxylation is 1. The molecule has 1 aliphatic heterocycles. The van der Waals surface area contributed by atoms with Gasteiger partial charge in [-0.15, -0.1) is 0 Å². The third-order valence-electron chi connectivity index (χ3n) is 7.64. The fraction of sp³-hybridized carbons (Fsp3) is 0.429. The molecule has 210 valence electrons. The van der Waals surface area contributed by atoms with Crippen LogP contribution < -0.4 is 15.5 Å². The number of carbonyl (C=O) groups is 1. The maximum Gasteiger partial charge on any atom is 0.249 e. The quantitative estimate of drug-likeness (QED) is 0.133. The number of aromatic nitrogens is 1. The molecule has 0 aliphatic carbocycles. The van der Waals surface area contributed by atoms with Crippen LogP contribution >= 0.6 is 0 Å². The van der Waals surface area contributed by atoms with Crippen molar-refractivity contribution in [2.45, 2.75) is 38.8 Å². The van der Waals surface area contributed by atoms with Crippen molar-refractivity contribution in [3.05, 3.63) is 65.1 Å². The van der Waals surface area contributed by atoms with Gasteiger partial charge in [0.15, 0.2) is 17.5 Å². The number of anilines is 1. The van der Waals surface area contributed by atoms with Crippen LogP contribution in [0.1, 0.15) is 36.8 Å². The summed E-state index contributed by atoms with van der Waals surface area (Å²) in [5.41, 5.74) is 3.26. The van der Waals surface area contributed by atoms with Crippen LogP contribution in [0.2, 0.25) is 0 Å². The molecule has 4 rings (SSSR count). The van der Waals surface area contributed by atoms with Crippen LogP contribution in [-0.2, 0) is 17.9 Å². The summed E-state index contributed by atoms with van der Waals surface area (Å²) >= 11 is 0. The van der Waals surface area contributed by atoms with Crippen LogP contribution in [0.25, 0.3) is 10.9 Å². The Hall–Kier alpha value is -3.44. The number of methoxy groups -OCH3 is 1. The molecule has 7 nitrogen and oxygen atoms in total. The van der Waals surface area contributed by atoms with Crippen molar-refractivity contribution < 1.29 is 32.3 Å². The summed E-state index contributed by atoms with van der Waals surface area (Å²) in [6, 6.07) is 7.28. The third kappa shape index (κ3) is 6.42. The number of alkyl halides is 1. The Labute approximate surface area is 224 Å². The number of piperidine rings is 1. The number of ether oxygens (including phenoxy) is 1. The summed E-state index contributed by atoms with van der Waals surface area (Å²) in [5.74, 6) is -3.81. The Morgan fingerprint density at radius 3 is 2.51 bits per heavy atom. The first kappa shape index (κ1) is 28.6. The number of hydroxylamine groups is 1. The first-order valence-corrected chi connectivity index (χ1v) is 12.9. The highest BCUT2D eigenvalue weighted by Crippen LogP contribution is 2.38. The van der Waals surface area contributed by atoms with Crippen molar-refractivity contribution in [1.29, 1.82) is 0 Å². The first-order chi connectivity index (χ1) is 18.8. The standard InChI is InChI=1S/C28H32F4N4O3/c1-39-20-4-5-25-22(15-20)21(18(16-29)17-34-25)3-2-6-28(27(37)35-38)7-10-36(11-8-28)12-9-33-19-13-23(30)26(32)24(31)14-19/h4-5,13-15,17,33,38H,2-3,6-12,16H2,1H3,(H,35,37). The summed E-state index contributed by atoms with van der Waals surface area (Å²) < 4.78 is 59.2. The van der Waals surface area contributed by atoms with E-state index in [9.17, 15) is 27.6 Å². The summed E-state index contributed by atoms with van der Waals surface area (Å²) in [6.45, 7) is 1.41. The molecule has 0 spiro atoms. The number of nitrogens with one attached hydrogen (secondary N) is 2. The second-order valence-corrected chi connectivity index (χ2v) is 9.88. The highest BCUT2D eigenvalue weighted by atomic mass is 19.2. The molecule has 0 saturated carbocycles. The van der Waals surface area contributed by atoms with E-state index in [0.29, 0.717) is 69.6 Å². The lowest BCUT2D eigenvalue weighted by molar-refractivity contribution is -0.143. The number of likely N-dealkylation sites (tertiary alicyclic amines) is 1. The molecule has 3 N–H and O–H groups in total. The number of rotatable bonds is 11. The Kier molecular flexibility index (Phi) is 9.24. The number of carbonyl (C=O) groups excluding carboxylic acids is 1. The molecule has 2 heterocycles. The van der Waals surface area contributed by atoms with Gasteiger partial charge in [-0.05, 0) is 69.0 Å². The van der Waals surface area contributed by atoms with E-state index in [1.165, 1.54) is 0 Å². The molecular weight excluding hydrogens is 516 g/mol. The van der Waals surface area contributed by atoms with Crippen LogP contribution in [0.15, 0.2) is 36.5 Å². The summed E-state index contributed by atoms with van der Waals surface area (Å²) in [7, 11) is 1.56. The number of halogens is 4. The van der Waals surface area contributed by atoms with Crippen molar-refractivity contribution in [1.82, 2.24) is 15.4 Å². The smallest absolute Gasteiger partial charge is 0.249 e. The van der Waals surface area contributed by atoms with Gasteiger partial charge in [-0.2, -0.15) is 0 Å². The molecule has 0 unspecified atom stereocenters. The lowest BCUT2D eigenvalue weighted by Gasteiger charge is -2.40. The lowest BCUT2D eigenvalue weighted by atomic mass is 9.73. The molecule has 2 aromatic carbocycles. The Morgan fingerprint density at radius 2 is 1.87 bits per heavy atom. The Morgan fingerprint density at radius 1 is 1.15 bits per heavy atom. The number of hydrogen-bond acceptors (Lipinski definition) is 6. The van der Waals surface area contributed by atoms with Gasteiger partial charge >= 0.3 is 0 Å². The van der Waals surface area contributed by atoms with Gasteiger partial charge in [0, 0.05) is 48.1 Å². The fourth-order valence-electron chi connectivity index (χ4n) is 5.34. The molecule has 0 atom stereocenters. The van der Waals surface area contributed by atoms with Gasteiger partial charge in [-0.25, -0.2) is 23.0 Å². The lowest BCUT2D eigenvalue weighted by Crippen LogP contribution is -2.49. The van der Waals surface area contributed by atoms with E-state index in [-0.39, 0.29) is 5.69 Å². The van der Waals surface area contributed by atoms with Crippen LogP contribution in [0.3, 0.4) is 0 Å². The average Bonchev–Trinajstić information content (AvgIpc) is 2.96. The number of fused-ring (bicyclic) bond motifs is 1. The van der Waals surface area contributed by atoms with Crippen molar-refractivity contribution in [2.75, 3.05) is 38.6 Å². The first-order valence-electron chi connectivity index (χ1n) is 12.9. The zero-order chi connectivity index (χ0) is 28.0. The molecule has 1 aromatic heterocycles. The molecule has 11 heteroatoms. The monoisotopic (exact) mass is 548 g/mol. The van der Waals surface area contributed by atoms with E-state index >= 15 is 0 Å². The molecule has 1 saturated heterocycles. The minimum absolute atomic E-state index is 0.145. The van der Waals surface area contributed by atoms with E-state index in [1.807, 2.05) is 17.6 Å². The third-order valence-corrected chi connectivity index (χ3v) is 7.64. The van der Waals surface area contributed by atoms with E-state index in [4.69, 9.17) is 4.74 Å². The summed E-state index contributed by atoms with van der Waals surface area (Å²) in [4.78, 5) is 19.2. The highest BCUT2D eigenvalue weighted by Gasteiger charge is 2.40. The number of amides is 1. The maximum atomic E-state index is 13.8. The van der Waals surface area contributed by atoms with E-state index in [2.05, 4.69) is 15.2 Å². The topological polar surface area (TPSA) is 86.7 Å². The second kappa shape index (κ2) is 12.6. The minimum Gasteiger partial charge on any atom is -0.497 e. The zero-order valence-corrected chi connectivity index (χ0v) is 21.7. The van der Waals surface area contributed by atoms with Gasteiger partial charge in [-0.1, -0.05) is 0 Å². The van der Waals surface area contributed by atoms with Gasteiger partial charge in [0.05, 0.1) is 18.0 Å². The van der Waals surface area contributed by atoms with Crippen LogP contribution in [0.4, 0.5) is 23.2 Å². The van der Waals surface area contributed by atoms with Gasteiger partial charge in [0.1, 0.15) is 12.4 Å². The fourth-order valence-corrected chi connectivity index (χ4v) is 5.34. The Balaban J connectivity index is 1.37. The molecular formula is C28H32F4N4O3. The number of pyridine rings is 1. The minimum atomic E-state index is -1.51. The SMILES string of the molecule is COc1ccc2ncc(CF)c(CCCC3(C(=O)NO)CCN(CCNc4cc(F)c(F)c(F)c4)CC3)c2c1. The molecule has 39 heavy (non-hydrogen) atoms. The predicted molar refractivity (Wildman–Crippen MR) is 139 cm³/mol. The summed E-state index contributed by atoms with van der Waals surface area (Å²) in [6.07, 6.45) is 4.17. The molecule has 0 radical (unpaired) electrons. The van der Waals surface area contributed by atoms with Crippen LogP contribution in [-0.4, -0.2) is 54.3 Å². The van der Waals surface area contributed by atoms with Gasteiger partial charge in [0.2, 0.25) is 5.91 Å². The van der Waals surface area contributed by atoms with Crippen LogP contribution in [0.5, 0.6) is 5.75 Å². The molecule has 1 amide bonds. The van der Waals surface area contributed by atoms with E-state index in [1.54, 1.807) is 19.4 Å². The van der Waals surface area contributed by atoms with Crippen molar-refractivity contribution in [3.63, 3.8) is 0 Å². The maximum absolute atomic E-state index is 13.8. The highest BCUT2D eigenvalue weighted by molar-refractivity contribution is 5.84. The molecule has 1 fully saturated rings. The Bertz CT molecular complexity index is 1290. The summed E-state index contributed by atoms with van der Waals surface area (Å²) in [5, 5.41) is 13.2. The van der Waals surface area contributed by atoms with Gasteiger partial charge < -0.3 is 15.0 Å². The second-order valence-electron chi connectivity index (χ2n) is 9.88. The predicted octanol–water partition coefficient (Wildman–Crippen LogP) is 5.15. The molecule has 1 aliphatic rings. The van der Waals surface area contributed by atoms with Crippen molar-refractivity contribution in [2.24, 2.45) is 5.41 Å². The molecule has 3 aromatic rings. The zero-order valence-electron chi connectivity index (χ0n) is 21.7. The number of benzene rings is 2. The normalized spacial score (nSPS) is 15.3. The average molecular weight is 549 g/mol. The van der Waals surface area contributed by atoms with Gasteiger partial charge in [0.25, 0.3) is 0 Å². The van der Waals surface area contributed by atoms with Crippen LogP contribution in [0, 0.1) is 22.9 Å². The van der Waals surface area contributed by atoms with E-state index in [0.717, 1.165) is 28.6 Å². The number of nitrogens with zero attached hydrogens (tertiary/aromatic N) is 2. The van der Waals surface area contributed by atoms with E-state index < -0.39 is 35.4 Å². The number of hydrogen-bond donors (Lipinski definition) is 3. The largest absolute Gasteiger partial charge is 0.497 e.